The number of hydrogen-bond acceptors (Lipinski definition) is 6. The highest BCUT2D eigenvalue weighted by atomic mass is 79.9. The summed E-state index contributed by atoms with van der Waals surface area (Å²) < 4.78 is 31.4. The average Bonchev–Trinajstić information content (AvgIpc) is 2.98. The van der Waals surface area contributed by atoms with Crippen molar-refractivity contribution in [3.8, 4) is 17.2 Å². The van der Waals surface area contributed by atoms with E-state index in [-0.39, 0.29) is 12.3 Å². The fourth-order valence-corrected chi connectivity index (χ4v) is 4.12. The van der Waals surface area contributed by atoms with Gasteiger partial charge in [-0.25, -0.2) is 9.82 Å². The second-order valence-electron chi connectivity index (χ2n) is 8.57. The smallest absolute Gasteiger partial charge is 0.271 e. The van der Waals surface area contributed by atoms with Crippen LogP contribution in [-0.4, -0.2) is 31.2 Å². The van der Waals surface area contributed by atoms with Gasteiger partial charge >= 0.3 is 0 Å². The number of hydrogen-bond donors (Lipinski definition) is 2. The van der Waals surface area contributed by atoms with E-state index < -0.39 is 17.6 Å². The predicted octanol–water partition coefficient (Wildman–Crippen LogP) is 6.35. The van der Waals surface area contributed by atoms with Crippen molar-refractivity contribution in [1.29, 1.82) is 0 Å². The summed E-state index contributed by atoms with van der Waals surface area (Å²) >= 11 is 3.40. The third-order valence-electron chi connectivity index (χ3n) is 5.59. The van der Waals surface area contributed by atoms with Crippen molar-refractivity contribution in [3.63, 3.8) is 0 Å². The van der Waals surface area contributed by atoms with Crippen LogP contribution in [0.15, 0.2) is 101 Å². The van der Waals surface area contributed by atoms with Crippen molar-refractivity contribution in [3.05, 3.63) is 118 Å². The van der Waals surface area contributed by atoms with Crippen molar-refractivity contribution < 1.29 is 28.2 Å². The molecule has 0 aliphatic heterocycles. The topological polar surface area (TPSA) is 98.3 Å². The molecule has 2 amide bonds. The van der Waals surface area contributed by atoms with Crippen LogP contribution in [0.25, 0.3) is 0 Å². The van der Waals surface area contributed by atoms with Crippen LogP contribution in [0.2, 0.25) is 0 Å². The first kappa shape index (κ1) is 29.3. The highest BCUT2D eigenvalue weighted by Gasteiger charge is 2.12. The Kier molecular flexibility index (Phi) is 10.4. The van der Waals surface area contributed by atoms with Crippen molar-refractivity contribution >= 4 is 39.6 Å². The number of nitrogens with one attached hydrogen (secondary N) is 2. The van der Waals surface area contributed by atoms with Crippen LogP contribution >= 0.6 is 15.9 Å². The summed E-state index contributed by atoms with van der Waals surface area (Å²) in [5.74, 6) is -0.0459. The molecule has 0 atom stereocenters. The number of para-hydroxylation sites is 1. The Hall–Kier alpha value is -4.70. The minimum absolute atomic E-state index is 0.0789. The average molecular weight is 620 g/mol. The molecule has 0 fully saturated rings. The highest BCUT2D eigenvalue weighted by Crippen LogP contribution is 2.29. The first-order valence-corrected chi connectivity index (χ1v) is 13.5. The molecule has 0 heterocycles. The molecule has 0 bridgehead atoms. The van der Waals surface area contributed by atoms with E-state index in [4.69, 9.17) is 14.2 Å². The lowest BCUT2D eigenvalue weighted by atomic mass is 10.2. The van der Waals surface area contributed by atoms with Crippen LogP contribution in [-0.2, 0) is 11.4 Å². The van der Waals surface area contributed by atoms with Crippen LogP contribution in [0.5, 0.6) is 17.2 Å². The van der Waals surface area contributed by atoms with E-state index in [1.807, 2.05) is 37.3 Å². The molecule has 210 valence electrons. The minimum atomic E-state index is -0.530. The summed E-state index contributed by atoms with van der Waals surface area (Å²) in [5, 5.41) is 6.49. The van der Waals surface area contributed by atoms with E-state index in [0.717, 1.165) is 5.56 Å². The van der Waals surface area contributed by atoms with Gasteiger partial charge in [0.05, 0.1) is 23.0 Å². The summed E-state index contributed by atoms with van der Waals surface area (Å²) in [6, 6.07) is 25.6. The van der Waals surface area contributed by atoms with E-state index in [0.29, 0.717) is 46.1 Å². The monoisotopic (exact) mass is 619 g/mol. The summed E-state index contributed by atoms with van der Waals surface area (Å²) in [4.78, 5) is 24.8. The van der Waals surface area contributed by atoms with Crippen LogP contribution < -0.4 is 25.0 Å². The van der Waals surface area contributed by atoms with E-state index in [1.165, 1.54) is 24.4 Å². The van der Waals surface area contributed by atoms with Crippen molar-refractivity contribution in [2.45, 2.75) is 13.5 Å². The Morgan fingerprint density at radius 3 is 2.39 bits per heavy atom. The van der Waals surface area contributed by atoms with Crippen LogP contribution in [0, 0.1) is 5.82 Å². The fourth-order valence-electron chi connectivity index (χ4n) is 3.61. The molecule has 0 aliphatic carbocycles. The third-order valence-corrected chi connectivity index (χ3v) is 6.20. The molecule has 0 unspecified atom stereocenters. The highest BCUT2D eigenvalue weighted by molar-refractivity contribution is 9.10. The van der Waals surface area contributed by atoms with Gasteiger partial charge in [0, 0.05) is 5.56 Å². The molecule has 10 heteroatoms. The number of carbonyl (C=O) groups is 2. The zero-order valence-corrected chi connectivity index (χ0v) is 23.7. The van der Waals surface area contributed by atoms with Gasteiger partial charge in [-0.2, -0.15) is 5.10 Å². The van der Waals surface area contributed by atoms with Gasteiger partial charge in [-0.15, -0.1) is 0 Å². The Balaban J connectivity index is 1.31. The number of carbonyl (C=O) groups excluding carboxylic acids is 2. The molecule has 4 aromatic carbocycles. The quantitative estimate of drug-likeness (QED) is 0.142. The molecular weight excluding hydrogens is 593 g/mol. The Morgan fingerprint density at radius 2 is 1.63 bits per heavy atom. The van der Waals surface area contributed by atoms with Gasteiger partial charge in [-0.05, 0) is 82.5 Å². The Morgan fingerprint density at radius 1 is 0.878 bits per heavy atom. The number of ether oxygens (including phenoxy) is 3. The fraction of sp³-hybridized carbons (Fsp3) is 0.129. The van der Waals surface area contributed by atoms with Gasteiger partial charge in [0.15, 0.2) is 18.1 Å². The van der Waals surface area contributed by atoms with Gasteiger partial charge in [0.1, 0.15) is 18.2 Å². The number of halogens is 2. The molecule has 4 aromatic rings. The first-order valence-electron chi connectivity index (χ1n) is 12.7. The molecule has 41 heavy (non-hydrogen) atoms. The number of hydrazone groups is 1. The maximum Gasteiger partial charge on any atom is 0.271 e. The summed E-state index contributed by atoms with van der Waals surface area (Å²) in [6.45, 7) is 2.33. The maximum atomic E-state index is 13.7. The molecule has 0 radical (unpaired) electrons. The van der Waals surface area contributed by atoms with Crippen molar-refractivity contribution in [2.75, 3.05) is 18.5 Å². The summed E-state index contributed by atoms with van der Waals surface area (Å²) in [6.07, 6.45) is 1.47. The zero-order chi connectivity index (χ0) is 29.0. The number of rotatable bonds is 12. The largest absolute Gasteiger partial charge is 0.490 e. The lowest BCUT2D eigenvalue weighted by molar-refractivity contribution is -0.118. The molecule has 2 N–H and O–H groups in total. The number of benzene rings is 4. The predicted molar refractivity (Wildman–Crippen MR) is 158 cm³/mol. The molecule has 0 saturated heterocycles. The molecular formula is C31H27BrFN3O5. The Labute approximate surface area is 245 Å². The van der Waals surface area contributed by atoms with Gasteiger partial charge < -0.3 is 19.5 Å². The molecule has 0 aliphatic rings. The number of nitrogens with zero attached hydrogens (tertiary/aromatic N) is 1. The van der Waals surface area contributed by atoms with Crippen LogP contribution in [0.1, 0.15) is 28.4 Å². The third kappa shape index (κ3) is 8.64. The first-order chi connectivity index (χ1) is 19.9. The normalized spacial score (nSPS) is 10.7. The second kappa shape index (κ2) is 14.6. The lowest BCUT2D eigenvalue weighted by Crippen LogP contribution is -2.20. The van der Waals surface area contributed by atoms with E-state index in [9.17, 15) is 14.0 Å². The number of anilines is 1. The lowest BCUT2D eigenvalue weighted by Gasteiger charge is -2.13. The van der Waals surface area contributed by atoms with Crippen LogP contribution in [0.4, 0.5) is 10.1 Å². The molecule has 0 aromatic heterocycles. The number of amides is 2. The minimum Gasteiger partial charge on any atom is -0.490 e. The van der Waals surface area contributed by atoms with Crippen molar-refractivity contribution in [2.24, 2.45) is 5.10 Å². The maximum absolute atomic E-state index is 13.7. The van der Waals surface area contributed by atoms with Gasteiger partial charge in [-0.1, -0.05) is 42.5 Å². The summed E-state index contributed by atoms with van der Waals surface area (Å²) in [7, 11) is 0. The molecule has 4 rings (SSSR count). The van der Waals surface area contributed by atoms with Gasteiger partial charge in [0.2, 0.25) is 0 Å². The van der Waals surface area contributed by atoms with E-state index >= 15 is 0 Å². The van der Waals surface area contributed by atoms with Gasteiger partial charge in [-0.3, -0.25) is 9.59 Å². The second-order valence-corrected chi connectivity index (χ2v) is 9.43. The molecule has 0 spiro atoms. The SMILES string of the molecule is CCOc1cc(C(=O)N/N=C/c2ccc(OCC(=O)Nc3ccccc3F)c(Br)c2)ccc1OCc1ccccc1. The van der Waals surface area contributed by atoms with Gasteiger partial charge in [0.25, 0.3) is 11.8 Å². The van der Waals surface area contributed by atoms with Crippen molar-refractivity contribution in [1.82, 2.24) is 5.43 Å². The summed E-state index contributed by atoms with van der Waals surface area (Å²) in [5.41, 5.74) is 4.62. The molecule has 0 saturated carbocycles. The zero-order valence-electron chi connectivity index (χ0n) is 22.1. The Bertz CT molecular complexity index is 1530. The molecule has 8 nitrogen and oxygen atoms in total. The van der Waals surface area contributed by atoms with E-state index in [1.54, 1.807) is 42.5 Å². The standard InChI is InChI=1S/C31H27BrFN3O5/c1-2-39-29-17-23(13-15-28(29)40-19-21-8-4-3-5-9-21)31(38)36-34-18-22-12-14-27(24(32)16-22)41-20-30(37)35-26-11-7-6-10-25(26)33/h3-18H,2,19-20H2,1H3,(H,35,37)(H,36,38)/b34-18+. The van der Waals surface area contributed by atoms with E-state index in [2.05, 4.69) is 31.8 Å². The van der Waals surface area contributed by atoms with Crippen LogP contribution in [0.3, 0.4) is 0 Å².